The van der Waals surface area contributed by atoms with Crippen LogP contribution in [0.3, 0.4) is 0 Å². The van der Waals surface area contributed by atoms with Gasteiger partial charge in [-0.3, -0.25) is 9.59 Å². The number of hydrogen-bond acceptors (Lipinski definition) is 4. The van der Waals surface area contributed by atoms with Crippen molar-refractivity contribution in [2.75, 3.05) is 36.5 Å². The molecule has 2 N–H and O–H groups in total. The van der Waals surface area contributed by atoms with Crippen LogP contribution in [0.5, 0.6) is 0 Å². The summed E-state index contributed by atoms with van der Waals surface area (Å²) in [6.45, 7) is 2.02. The van der Waals surface area contributed by atoms with E-state index in [0.29, 0.717) is 25.1 Å². The average molecular weight is 275 g/mol. The topological polar surface area (TPSA) is 72.9 Å². The van der Waals surface area contributed by atoms with Crippen LogP contribution < -0.4 is 15.1 Å². The molecular weight excluding hydrogens is 258 g/mol. The van der Waals surface area contributed by atoms with Gasteiger partial charge in [0.25, 0.3) is 5.91 Å². The zero-order valence-corrected chi connectivity index (χ0v) is 11.3. The minimum Gasteiger partial charge on any atom is -0.378 e. The zero-order valence-electron chi connectivity index (χ0n) is 11.3. The molecule has 2 aliphatic heterocycles. The molecule has 2 aliphatic rings. The van der Waals surface area contributed by atoms with Gasteiger partial charge in [0.05, 0.1) is 5.69 Å². The molecule has 0 bridgehead atoms. The van der Waals surface area contributed by atoms with Gasteiger partial charge in [-0.05, 0) is 12.1 Å². The molecule has 0 aliphatic carbocycles. The third kappa shape index (κ3) is 2.02. The first-order valence-electron chi connectivity index (χ1n) is 6.69. The minimum atomic E-state index is -1.06. The number of fused-ring (bicyclic) bond motifs is 1. The van der Waals surface area contributed by atoms with Gasteiger partial charge in [-0.15, -0.1) is 0 Å². The highest BCUT2D eigenvalue weighted by atomic mass is 16.3. The van der Waals surface area contributed by atoms with Crippen LogP contribution in [0.2, 0.25) is 0 Å². The monoisotopic (exact) mass is 275 g/mol. The van der Waals surface area contributed by atoms with Gasteiger partial charge in [0.15, 0.2) is 6.10 Å². The van der Waals surface area contributed by atoms with Crippen LogP contribution in [0.4, 0.5) is 11.4 Å². The molecule has 0 aromatic heterocycles. The minimum absolute atomic E-state index is 0.0661. The first kappa shape index (κ1) is 12.9. The third-order valence-electron chi connectivity index (χ3n) is 3.91. The lowest BCUT2D eigenvalue weighted by Crippen LogP contribution is -2.28. The molecule has 6 heteroatoms. The second-order valence-electron chi connectivity index (χ2n) is 5.13. The largest absolute Gasteiger partial charge is 0.378 e. The Morgan fingerprint density at radius 2 is 2.10 bits per heavy atom. The van der Waals surface area contributed by atoms with Gasteiger partial charge in [0.1, 0.15) is 0 Å². The zero-order chi connectivity index (χ0) is 14.3. The van der Waals surface area contributed by atoms with E-state index in [-0.39, 0.29) is 11.8 Å². The number of carbonyl (C=O) groups excluding carboxylic acids is 2. The Bertz CT molecular complexity index is 573. The normalized spacial score (nSPS) is 22.6. The molecule has 1 fully saturated rings. The van der Waals surface area contributed by atoms with E-state index in [4.69, 9.17) is 0 Å². The summed E-state index contributed by atoms with van der Waals surface area (Å²) < 4.78 is 0. The second-order valence-corrected chi connectivity index (χ2v) is 5.13. The molecule has 1 atom stereocenters. The number of amides is 2. The van der Waals surface area contributed by atoms with E-state index in [0.717, 1.165) is 17.9 Å². The highest BCUT2D eigenvalue weighted by Crippen LogP contribution is 2.37. The predicted molar refractivity (Wildman–Crippen MR) is 74.7 cm³/mol. The number of benzene rings is 1. The van der Waals surface area contributed by atoms with E-state index in [9.17, 15) is 14.7 Å². The summed E-state index contributed by atoms with van der Waals surface area (Å²) in [4.78, 5) is 26.7. The Morgan fingerprint density at radius 3 is 2.90 bits per heavy atom. The molecule has 1 unspecified atom stereocenters. The van der Waals surface area contributed by atoms with Crippen LogP contribution in [0.1, 0.15) is 18.1 Å². The lowest BCUT2D eigenvalue weighted by molar-refractivity contribution is -0.125. The first-order valence-corrected chi connectivity index (χ1v) is 6.69. The summed E-state index contributed by atoms with van der Waals surface area (Å²) >= 11 is 0. The number of hydrogen-bond donors (Lipinski definition) is 2. The van der Waals surface area contributed by atoms with Crippen LogP contribution in [0.25, 0.3) is 0 Å². The van der Waals surface area contributed by atoms with Gasteiger partial charge >= 0.3 is 0 Å². The van der Waals surface area contributed by atoms with Gasteiger partial charge in [-0.1, -0.05) is 6.07 Å². The molecule has 20 heavy (non-hydrogen) atoms. The summed E-state index contributed by atoms with van der Waals surface area (Å²) in [7, 11) is 1.66. The fourth-order valence-electron chi connectivity index (χ4n) is 2.71. The molecule has 2 amide bonds. The maximum absolute atomic E-state index is 11.8. The van der Waals surface area contributed by atoms with Crippen molar-refractivity contribution in [3.05, 3.63) is 23.8 Å². The Hall–Kier alpha value is -2.08. The summed E-state index contributed by atoms with van der Waals surface area (Å²) in [5.74, 6) is -0.235. The van der Waals surface area contributed by atoms with Crippen molar-refractivity contribution < 1.29 is 14.7 Å². The molecule has 1 aromatic rings. The second kappa shape index (κ2) is 4.79. The average Bonchev–Trinajstić information content (AvgIpc) is 2.64. The predicted octanol–water partition coefficient (Wildman–Crippen LogP) is 0.0227. The number of rotatable bonds is 1. The van der Waals surface area contributed by atoms with Gasteiger partial charge in [0.2, 0.25) is 5.91 Å². The maximum atomic E-state index is 11.8. The van der Waals surface area contributed by atoms with Crippen LogP contribution in [0.15, 0.2) is 18.2 Å². The number of carbonyl (C=O) groups is 2. The van der Waals surface area contributed by atoms with Crippen LogP contribution in [-0.4, -0.2) is 43.6 Å². The summed E-state index contributed by atoms with van der Waals surface area (Å²) in [6, 6.07) is 5.58. The van der Waals surface area contributed by atoms with Gasteiger partial charge in [0, 0.05) is 44.4 Å². The van der Waals surface area contributed by atoms with Crippen molar-refractivity contribution in [3.63, 3.8) is 0 Å². The molecule has 2 heterocycles. The van der Waals surface area contributed by atoms with E-state index in [1.807, 2.05) is 12.1 Å². The number of likely N-dealkylation sites (N-methyl/N-ethyl adjacent to an activating group) is 1. The highest BCUT2D eigenvalue weighted by Gasteiger charge is 2.33. The van der Waals surface area contributed by atoms with E-state index >= 15 is 0 Å². The van der Waals surface area contributed by atoms with Crippen molar-refractivity contribution in [2.24, 2.45) is 0 Å². The molecule has 1 saturated heterocycles. The third-order valence-corrected chi connectivity index (χ3v) is 3.91. The molecule has 0 saturated carbocycles. The molecule has 0 radical (unpaired) electrons. The van der Waals surface area contributed by atoms with Gasteiger partial charge in [-0.25, -0.2) is 0 Å². The number of aliphatic hydroxyl groups excluding tert-OH is 1. The lowest BCUT2D eigenvalue weighted by atomic mass is 10.1. The molecule has 6 nitrogen and oxygen atoms in total. The lowest BCUT2D eigenvalue weighted by Gasteiger charge is -2.23. The van der Waals surface area contributed by atoms with Crippen LogP contribution in [0, 0.1) is 0 Å². The summed E-state index contributed by atoms with van der Waals surface area (Å²) in [5.41, 5.74) is 2.35. The molecule has 1 aromatic carbocycles. The number of aliphatic hydroxyl groups is 1. The van der Waals surface area contributed by atoms with Crippen molar-refractivity contribution in [1.29, 1.82) is 0 Å². The standard InChI is InChI=1S/C14H17N3O3/c1-16-11-8-9(2-3-10(11)13(19)14(16)20)17-6-4-12(18)15-5-7-17/h2-3,8,13,19H,4-7H2,1H3,(H,15,18). The first-order chi connectivity index (χ1) is 9.58. The van der Waals surface area contributed by atoms with Crippen LogP contribution >= 0.6 is 0 Å². The number of anilines is 2. The highest BCUT2D eigenvalue weighted by molar-refractivity contribution is 6.03. The van der Waals surface area contributed by atoms with Gasteiger partial charge < -0.3 is 20.2 Å². The van der Waals surface area contributed by atoms with E-state index in [2.05, 4.69) is 10.2 Å². The maximum Gasteiger partial charge on any atom is 0.260 e. The van der Waals surface area contributed by atoms with E-state index in [1.165, 1.54) is 4.90 Å². The Balaban J connectivity index is 1.90. The van der Waals surface area contributed by atoms with Crippen LogP contribution in [-0.2, 0) is 9.59 Å². The van der Waals surface area contributed by atoms with Crippen molar-refractivity contribution in [3.8, 4) is 0 Å². The smallest absolute Gasteiger partial charge is 0.260 e. The molecule has 0 spiro atoms. The molecular formula is C14H17N3O3. The van der Waals surface area contributed by atoms with E-state index < -0.39 is 6.10 Å². The summed E-state index contributed by atoms with van der Waals surface area (Å²) in [6.07, 6.45) is -0.592. The SMILES string of the molecule is CN1C(=O)C(O)c2ccc(N3CCNC(=O)CC3)cc21. The van der Waals surface area contributed by atoms with Crippen molar-refractivity contribution in [1.82, 2.24) is 5.32 Å². The van der Waals surface area contributed by atoms with Gasteiger partial charge in [-0.2, -0.15) is 0 Å². The van der Waals surface area contributed by atoms with Crippen molar-refractivity contribution in [2.45, 2.75) is 12.5 Å². The Kier molecular flexibility index (Phi) is 3.10. The quantitative estimate of drug-likeness (QED) is 0.758. The molecule has 3 rings (SSSR count). The fraction of sp³-hybridized carbons (Fsp3) is 0.429. The summed E-state index contributed by atoms with van der Waals surface area (Å²) in [5, 5.41) is 12.7. The molecule has 106 valence electrons. The Labute approximate surface area is 117 Å². The van der Waals surface area contributed by atoms with Crippen molar-refractivity contribution >= 4 is 23.2 Å². The van der Waals surface area contributed by atoms with E-state index in [1.54, 1.807) is 13.1 Å². The fourth-order valence-corrected chi connectivity index (χ4v) is 2.71. The Morgan fingerprint density at radius 1 is 1.30 bits per heavy atom. The number of nitrogens with zero attached hydrogens (tertiary/aromatic N) is 2. The number of nitrogens with one attached hydrogen (secondary N) is 1.